The van der Waals surface area contributed by atoms with Crippen molar-refractivity contribution in [2.45, 2.75) is 6.61 Å². The number of rotatable bonds is 5. The Morgan fingerprint density at radius 3 is 2.83 bits per heavy atom. The van der Waals surface area contributed by atoms with Crippen molar-refractivity contribution in [1.82, 2.24) is 10.1 Å². The number of oxime groups is 1. The van der Waals surface area contributed by atoms with E-state index in [1.807, 2.05) is 0 Å². The van der Waals surface area contributed by atoms with Crippen molar-refractivity contribution in [3.63, 3.8) is 0 Å². The van der Waals surface area contributed by atoms with Gasteiger partial charge in [-0.3, -0.25) is 0 Å². The lowest BCUT2D eigenvalue weighted by Gasteiger charge is -2.03. The molecule has 0 aliphatic heterocycles. The van der Waals surface area contributed by atoms with Crippen molar-refractivity contribution in [3.05, 3.63) is 65.7 Å². The lowest BCUT2D eigenvalue weighted by atomic mass is 10.2. The molecule has 0 atom stereocenters. The lowest BCUT2D eigenvalue weighted by Crippen LogP contribution is -1.98. The minimum absolute atomic E-state index is 0.115. The van der Waals surface area contributed by atoms with Gasteiger partial charge in [0.2, 0.25) is 5.82 Å². The molecule has 0 aliphatic rings. The van der Waals surface area contributed by atoms with E-state index in [0.717, 1.165) is 0 Å². The highest BCUT2D eigenvalue weighted by molar-refractivity contribution is 5.79. The smallest absolute Gasteiger partial charge is 0.258 e. The maximum atomic E-state index is 12.9. The molecule has 3 rings (SSSR count). The maximum absolute atomic E-state index is 12.9. The van der Waals surface area contributed by atoms with E-state index in [2.05, 4.69) is 15.3 Å². The Labute approximate surface area is 130 Å². The summed E-state index contributed by atoms with van der Waals surface area (Å²) in [5, 5.41) is 15.3. The van der Waals surface area contributed by atoms with E-state index in [0.29, 0.717) is 28.6 Å². The monoisotopic (exact) mass is 313 g/mol. The summed E-state index contributed by atoms with van der Waals surface area (Å²) in [5.41, 5.74) is 1.33. The summed E-state index contributed by atoms with van der Waals surface area (Å²) >= 11 is 0. The maximum Gasteiger partial charge on any atom is 0.258 e. The number of hydrogen-bond acceptors (Lipinski definition) is 6. The van der Waals surface area contributed by atoms with Gasteiger partial charge in [0.05, 0.1) is 6.21 Å². The van der Waals surface area contributed by atoms with Crippen molar-refractivity contribution in [2.75, 3.05) is 0 Å². The fourth-order valence-corrected chi connectivity index (χ4v) is 1.92. The first-order chi connectivity index (χ1) is 11.2. The lowest BCUT2D eigenvalue weighted by molar-refractivity contribution is 0.287. The molecule has 116 valence electrons. The normalized spacial score (nSPS) is 11.0. The molecule has 0 saturated heterocycles. The van der Waals surface area contributed by atoms with Gasteiger partial charge < -0.3 is 14.5 Å². The minimum atomic E-state index is -0.330. The number of hydrogen-bond donors (Lipinski definition) is 1. The second kappa shape index (κ2) is 6.69. The van der Waals surface area contributed by atoms with Crippen LogP contribution in [-0.4, -0.2) is 21.6 Å². The van der Waals surface area contributed by atoms with Crippen LogP contribution in [0.5, 0.6) is 5.75 Å². The van der Waals surface area contributed by atoms with Crippen LogP contribution in [-0.2, 0) is 6.61 Å². The van der Waals surface area contributed by atoms with Crippen LogP contribution in [0.4, 0.5) is 4.39 Å². The topological polar surface area (TPSA) is 80.7 Å². The van der Waals surface area contributed by atoms with Gasteiger partial charge in [0.15, 0.2) is 6.61 Å². The molecule has 0 amide bonds. The first-order valence-corrected chi connectivity index (χ1v) is 6.73. The van der Waals surface area contributed by atoms with Gasteiger partial charge in [-0.1, -0.05) is 22.4 Å². The van der Waals surface area contributed by atoms with Crippen molar-refractivity contribution in [2.24, 2.45) is 5.16 Å². The molecule has 1 heterocycles. The molecule has 2 aromatic carbocycles. The molecule has 0 fully saturated rings. The van der Waals surface area contributed by atoms with Crippen LogP contribution < -0.4 is 4.74 Å². The second-order valence-electron chi connectivity index (χ2n) is 4.63. The number of nitrogens with zero attached hydrogens (tertiary/aromatic N) is 3. The zero-order chi connectivity index (χ0) is 16.1. The van der Waals surface area contributed by atoms with Crippen molar-refractivity contribution in [1.29, 1.82) is 0 Å². The summed E-state index contributed by atoms with van der Waals surface area (Å²) in [4.78, 5) is 4.19. The molecule has 0 spiro atoms. The third kappa shape index (κ3) is 3.70. The van der Waals surface area contributed by atoms with Gasteiger partial charge in [-0.25, -0.2) is 4.39 Å². The van der Waals surface area contributed by atoms with E-state index in [-0.39, 0.29) is 12.4 Å². The molecular formula is C16H12FN3O3. The van der Waals surface area contributed by atoms with E-state index in [9.17, 15) is 4.39 Å². The minimum Gasteiger partial charge on any atom is -0.485 e. The molecule has 0 radical (unpaired) electrons. The third-order valence-corrected chi connectivity index (χ3v) is 2.99. The van der Waals surface area contributed by atoms with E-state index >= 15 is 0 Å². The highest BCUT2D eigenvalue weighted by Crippen LogP contribution is 2.18. The zero-order valence-electron chi connectivity index (χ0n) is 11.9. The quantitative estimate of drug-likeness (QED) is 0.444. The predicted molar refractivity (Wildman–Crippen MR) is 79.8 cm³/mol. The van der Waals surface area contributed by atoms with E-state index < -0.39 is 0 Å². The summed E-state index contributed by atoms with van der Waals surface area (Å²) in [6, 6.07) is 12.8. The number of ether oxygens (including phenoxy) is 1. The third-order valence-electron chi connectivity index (χ3n) is 2.99. The summed E-state index contributed by atoms with van der Waals surface area (Å²) in [7, 11) is 0. The summed E-state index contributed by atoms with van der Waals surface area (Å²) in [5.74, 6) is 0.911. The summed E-state index contributed by atoms with van der Waals surface area (Å²) in [6.07, 6.45) is 1.30. The van der Waals surface area contributed by atoms with E-state index in [1.54, 1.807) is 36.4 Å². The molecule has 0 unspecified atom stereocenters. The molecule has 0 aliphatic carbocycles. The number of benzene rings is 2. The van der Waals surface area contributed by atoms with Crippen LogP contribution in [0.1, 0.15) is 11.4 Å². The summed E-state index contributed by atoms with van der Waals surface area (Å²) < 4.78 is 23.6. The van der Waals surface area contributed by atoms with Gasteiger partial charge in [0.25, 0.3) is 5.89 Å². The van der Waals surface area contributed by atoms with Crippen LogP contribution in [0.15, 0.2) is 58.2 Å². The van der Waals surface area contributed by atoms with Crippen molar-refractivity contribution >= 4 is 6.21 Å². The average molecular weight is 313 g/mol. The van der Waals surface area contributed by atoms with Crippen molar-refractivity contribution in [3.8, 4) is 17.2 Å². The predicted octanol–water partition coefficient (Wildman–Crippen LogP) is 3.26. The van der Waals surface area contributed by atoms with Crippen LogP contribution >= 0.6 is 0 Å². The van der Waals surface area contributed by atoms with Crippen LogP contribution in [0.3, 0.4) is 0 Å². The standard InChI is InChI=1S/C16H12FN3O3/c17-13-6-4-12(5-7-13)16-19-15(20-23-16)10-22-14-3-1-2-11(8-14)9-18-21/h1-9,21H,10H2/b18-9+. The van der Waals surface area contributed by atoms with E-state index in [1.165, 1.54) is 18.3 Å². The van der Waals surface area contributed by atoms with Gasteiger partial charge in [-0.15, -0.1) is 0 Å². The highest BCUT2D eigenvalue weighted by Gasteiger charge is 2.09. The van der Waals surface area contributed by atoms with Gasteiger partial charge in [0.1, 0.15) is 11.6 Å². The van der Waals surface area contributed by atoms with Gasteiger partial charge in [-0.05, 0) is 42.0 Å². The van der Waals surface area contributed by atoms with Gasteiger partial charge in [0, 0.05) is 5.56 Å². The Morgan fingerprint density at radius 2 is 2.04 bits per heavy atom. The van der Waals surface area contributed by atoms with E-state index in [4.69, 9.17) is 14.5 Å². The molecule has 0 bridgehead atoms. The Hall–Kier alpha value is -3.22. The largest absolute Gasteiger partial charge is 0.485 e. The summed E-state index contributed by atoms with van der Waals surface area (Å²) in [6.45, 7) is 0.115. The molecule has 6 nitrogen and oxygen atoms in total. The SMILES string of the molecule is O/N=C/c1cccc(OCc2noc(-c3ccc(F)cc3)n2)c1. The van der Waals surface area contributed by atoms with Crippen LogP contribution in [0, 0.1) is 5.82 Å². The van der Waals surface area contributed by atoms with Crippen LogP contribution in [0.2, 0.25) is 0 Å². The molecule has 1 aromatic heterocycles. The number of aromatic nitrogens is 2. The Balaban J connectivity index is 1.67. The zero-order valence-corrected chi connectivity index (χ0v) is 11.9. The Bertz CT molecular complexity index is 815. The molecule has 3 aromatic rings. The van der Waals surface area contributed by atoms with Gasteiger partial charge in [-0.2, -0.15) is 4.98 Å². The Morgan fingerprint density at radius 1 is 1.22 bits per heavy atom. The molecule has 1 N–H and O–H groups in total. The second-order valence-corrected chi connectivity index (χ2v) is 4.63. The molecular weight excluding hydrogens is 301 g/mol. The molecule has 7 heteroatoms. The average Bonchev–Trinajstić information content (AvgIpc) is 3.03. The van der Waals surface area contributed by atoms with Crippen LogP contribution in [0.25, 0.3) is 11.5 Å². The molecule has 0 saturated carbocycles. The fraction of sp³-hybridized carbons (Fsp3) is 0.0625. The first-order valence-electron chi connectivity index (χ1n) is 6.73. The Kier molecular flexibility index (Phi) is 4.28. The fourth-order valence-electron chi connectivity index (χ4n) is 1.92. The molecule has 23 heavy (non-hydrogen) atoms. The highest BCUT2D eigenvalue weighted by atomic mass is 19.1. The van der Waals surface area contributed by atoms with Crippen molar-refractivity contribution < 1.29 is 18.9 Å². The first kappa shape index (κ1) is 14.7. The number of halogens is 1. The van der Waals surface area contributed by atoms with Gasteiger partial charge >= 0.3 is 0 Å².